The van der Waals surface area contributed by atoms with Crippen molar-refractivity contribution in [1.82, 2.24) is 10.1 Å². The number of ether oxygens (including phenoxy) is 1. The lowest BCUT2D eigenvalue weighted by atomic mass is 9.97. The van der Waals surface area contributed by atoms with Gasteiger partial charge in [-0.15, -0.1) is 0 Å². The highest BCUT2D eigenvalue weighted by Crippen LogP contribution is 2.16. The number of nitrogens with zero attached hydrogens (tertiary/aromatic N) is 2. The first kappa shape index (κ1) is 20.2. The molecule has 2 amide bonds. The molecule has 0 aliphatic heterocycles. The lowest BCUT2D eigenvalue weighted by molar-refractivity contribution is -0.139. The van der Waals surface area contributed by atoms with Crippen molar-refractivity contribution in [1.29, 1.82) is 0 Å². The summed E-state index contributed by atoms with van der Waals surface area (Å²) in [4.78, 5) is 26.5. The van der Waals surface area contributed by atoms with Crippen molar-refractivity contribution in [2.24, 2.45) is 5.92 Å². The molecule has 0 aromatic carbocycles. The third-order valence-corrected chi connectivity index (χ3v) is 3.86. The van der Waals surface area contributed by atoms with Crippen LogP contribution in [0.15, 0.2) is 10.6 Å². The number of unbranched alkanes of at least 4 members (excludes halogenated alkanes) is 1. The number of aryl methyl sites for hydroxylation is 1. The van der Waals surface area contributed by atoms with E-state index in [0.717, 1.165) is 25.7 Å². The Labute approximate surface area is 143 Å². The van der Waals surface area contributed by atoms with Crippen molar-refractivity contribution >= 4 is 17.6 Å². The molecular formula is C17H29N3O4. The number of amides is 2. The quantitative estimate of drug-likeness (QED) is 0.670. The highest BCUT2D eigenvalue weighted by molar-refractivity contribution is 5.94. The Hall–Kier alpha value is -1.89. The van der Waals surface area contributed by atoms with Crippen molar-refractivity contribution < 1.29 is 18.8 Å². The highest BCUT2D eigenvalue weighted by atomic mass is 16.5. The lowest BCUT2D eigenvalue weighted by Crippen LogP contribution is -2.43. The van der Waals surface area contributed by atoms with Crippen LogP contribution in [0, 0.1) is 12.8 Å². The van der Waals surface area contributed by atoms with Gasteiger partial charge in [0.05, 0.1) is 13.2 Å². The molecule has 0 aliphatic carbocycles. The molecule has 1 aromatic heterocycles. The van der Waals surface area contributed by atoms with Crippen LogP contribution < -0.4 is 5.32 Å². The second kappa shape index (κ2) is 10.8. The van der Waals surface area contributed by atoms with E-state index in [1.165, 1.54) is 0 Å². The minimum atomic E-state index is -0.293. The van der Waals surface area contributed by atoms with Crippen molar-refractivity contribution in [3.05, 3.63) is 11.8 Å². The average molecular weight is 339 g/mol. The lowest BCUT2D eigenvalue weighted by Gasteiger charge is -2.26. The zero-order valence-corrected chi connectivity index (χ0v) is 15.1. The summed E-state index contributed by atoms with van der Waals surface area (Å²) in [6.45, 7) is 6.63. The van der Waals surface area contributed by atoms with Crippen LogP contribution in [-0.2, 0) is 14.3 Å². The van der Waals surface area contributed by atoms with Crippen LogP contribution in [0.25, 0.3) is 0 Å². The molecule has 1 aromatic rings. The van der Waals surface area contributed by atoms with Gasteiger partial charge < -0.3 is 19.5 Å². The molecule has 0 aliphatic rings. The first-order valence-electron chi connectivity index (χ1n) is 8.52. The summed E-state index contributed by atoms with van der Waals surface area (Å²) in [5, 5.41) is 6.37. The Balaban J connectivity index is 2.68. The van der Waals surface area contributed by atoms with E-state index in [4.69, 9.17) is 9.26 Å². The number of hydrogen-bond donors (Lipinski definition) is 1. The van der Waals surface area contributed by atoms with Crippen molar-refractivity contribution in [2.45, 2.75) is 46.5 Å². The van der Waals surface area contributed by atoms with E-state index in [9.17, 15) is 9.59 Å². The third-order valence-electron chi connectivity index (χ3n) is 3.86. The summed E-state index contributed by atoms with van der Waals surface area (Å²) in [6.07, 6.45) is 3.67. The van der Waals surface area contributed by atoms with E-state index < -0.39 is 0 Å². The molecule has 0 radical (unpaired) electrons. The monoisotopic (exact) mass is 339 g/mol. The molecule has 0 saturated heterocycles. The standard InChI is InChI=1S/C17H29N3O4/c1-5-7-8-14(6-2)17(22)20(9-10-23-4)12-16(21)18-15-11-13(3)24-19-15/h11,14H,5-10,12H2,1-4H3,(H,18,19,21)/t14-/m1/s1. The van der Waals surface area contributed by atoms with E-state index in [1.807, 2.05) is 6.92 Å². The molecule has 0 unspecified atom stereocenters. The van der Waals surface area contributed by atoms with Gasteiger partial charge in [-0.1, -0.05) is 31.8 Å². The second-order valence-electron chi connectivity index (χ2n) is 5.87. The highest BCUT2D eigenvalue weighted by Gasteiger charge is 2.24. The molecule has 1 N–H and O–H groups in total. The summed E-state index contributed by atoms with van der Waals surface area (Å²) in [6, 6.07) is 1.63. The molecule has 1 heterocycles. The zero-order valence-electron chi connectivity index (χ0n) is 15.1. The summed E-state index contributed by atoms with van der Waals surface area (Å²) in [7, 11) is 1.58. The van der Waals surface area contributed by atoms with E-state index in [0.29, 0.717) is 24.7 Å². The first-order chi connectivity index (χ1) is 11.5. The van der Waals surface area contributed by atoms with Gasteiger partial charge in [0.15, 0.2) is 5.82 Å². The number of hydrogen-bond acceptors (Lipinski definition) is 5. The number of rotatable bonds is 11. The minimum absolute atomic E-state index is 0.00878. The second-order valence-corrected chi connectivity index (χ2v) is 5.87. The molecular weight excluding hydrogens is 310 g/mol. The van der Waals surface area contributed by atoms with Gasteiger partial charge in [0.1, 0.15) is 5.76 Å². The molecule has 0 fully saturated rings. The van der Waals surface area contributed by atoms with Crippen molar-refractivity contribution in [2.75, 3.05) is 32.1 Å². The molecule has 1 rings (SSSR count). The zero-order chi connectivity index (χ0) is 17.9. The van der Waals surface area contributed by atoms with Gasteiger partial charge in [-0.25, -0.2) is 0 Å². The van der Waals surface area contributed by atoms with Crippen LogP contribution in [0.1, 0.15) is 45.3 Å². The smallest absolute Gasteiger partial charge is 0.245 e. The maximum atomic E-state index is 12.7. The maximum absolute atomic E-state index is 12.7. The minimum Gasteiger partial charge on any atom is -0.383 e. The Kier molecular flexibility index (Phi) is 9.07. The van der Waals surface area contributed by atoms with Crippen LogP contribution in [0.2, 0.25) is 0 Å². The Morgan fingerprint density at radius 2 is 2.17 bits per heavy atom. The van der Waals surface area contributed by atoms with Crippen molar-refractivity contribution in [3.63, 3.8) is 0 Å². The van der Waals surface area contributed by atoms with Crippen LogP contribution in [0.3, 0.4) is 0 Å². The summed E-state index contributed by atoms with van der Waals surface area (Å²) >= 11 is 0. The number of anilines is 1. The Morgan fingerprint density at radius 1 is 1.42 bits per heavy atom. The summed E-state index contributed by atoms with van der Waals surface area (Å²) in [5.41, 5.74) is 0. The fraction of sp³-hybridized carbons (Fsp3) is 0.706. The van der Waals surface area contributed by atoms with E-state index in [2.05, 4.69) is 17.4 Å². The van der Waals surface area contributed by atoms with Gasteiger partial charge in [0.2, 0.25) is 11.8 Å². The molecule has 0 bridgehead atoms. The fourth-order valence-corrected chi connectivity index (χ4v) is 2.46. The first-order valence-corrected chi connectivity index (χ1v) is 8.52. The molecule has 24 heavy (non-hydrogen) atoms. The number of carbonyl (C=O) groups excluding carboxylic acids is 2. The Morgan fingerprint density at radius 3 is 2.71 bits per heavy atom. The van der Waals surface area contributed by atoms with Crippen molar-refractivity contribution in [3.8, 4) is 0 Å². The largest absolute Gasteiger partial charge is 0.383 e. The molecule has 0 spiro atoms. The fourth-order valence-electron chi connectivity index (χ4n) is 2.46. The summed E-state index contributed by atoms with van der Waals surface area (Å²) < 4.78 is 9.98. The van der Waals surface area contributed by atoms with Crippen LogP contribution in [-0.4, -0.2) is 48.7 Å². The van der Waals surface area contributed by atoms with Gasteiger partial charge in [0, 0.05) is 25.6 Å². The number of methoxy groups -OCH3 is 1. The predicted molar refractivity (Wildman–Crippen MR) is 91.6 cm³/mol. The summed E-state index contributed by atoms with van der Waals surface area (Å²) in [5.74, 6) is 0.634. The van der Waals surface area contributed by atoms with Gasteiger partial charge in [-0.05, 0) is 19.8 Å². The molecule has 7 nitrogen and oxygen atoms in total. The van der Waals surface area contributed by atoms with Gasteiger partial charge >= 0.3 is 0 Å². The number of aromatic nitrogens is 1. The molecule has 136 valence electrons. The van der Waals surface area contributed by atoms with Crippen LogP contribution in [0.4, 0.5) is 5.82 Å². The number of nitrogens with one attached hydrogen (secondary N) is 1. The normalized spacial score (nSPS) is 12.0. The maximum Gasteiger partial charge on any atom is 0.245 e. The van der Waals surface area contributed by atoms with E-state index in [-0.39, 0.29) is 24.3 Å². The topological polar surface area (TPSA) is 84.7 Å². The molecule has 0 saturated carbocycles. The van der Waals surface area contributed by atoms with Gasteiger partial charge in [-0.3, -0.25) is 9.59 Å². The van der Waals surface area contributed by atoms with E-state index >= 15 is 0 Å². The predicted octanol–water partition coefficient (Wildman–Crippen LogP) is 2.61. The third kappa shape index (κ3) is 6.70. The van der Waals surface area contributed by atoms with Gasteiger partial charge in [0.25, 0.3) is 0 Å². The molecule has 1 atom stereocenters. The number of carbonyl (C=O) groups is 2. The van der Waals surface area contributed by atoms with Crippen LogP contribution >= 0.6 is 0 Å². The Bertz CT molecular complexity index is 516. The SMILES string of the molecule is CCCC[C@@H](CC)C(=O)N(CCOC)CC(=O)Nc1cc(C)on1. The van der Waals surface area contributed by atoms with E-state index in [1.54, 1.807) is 25.0 Å². The average Bonchev–Trinajstić information content (AvgIpc) is 2.96. The molecule has 7 heteroatoms. The van der Waals surface area contributed by atoms with Crippen LogP contribution in [0.5, 0.6) is 0 Å². The van der Waals surface area contributed by atoms with Gasteiger partial charge in [-0.2, -0.15) is 0 Å².